The largest absolute Gasteiger partial charge is 0.492 e. The molecule has 152 valence electrons. The van der Waals surface area contributed by atoms with Crippen LogP contribution in [0, 0.1) is 0 Å². The minimum Gasteiger partial charge on any atom is -0.492 e. The zero-order valence-corrected chi connectivity index (χ0v) is 16.3. The zero-order valence-electron chi connectivity index (χ0n) is 16.3. The van der Waals surface area contributed by atoms with E-state index in [1.165, 1.54) is 0 Å². The summed E-state index contributed by atoms with van der Waals surface area (Å²) in [5.74, 6) is -0.519. The number of carbonyl (C=O) groups excluding carboxylic acids is 1. The fraction of sp³-hybridized carbons (Fsp3) is 0.167. The molecule has 0 amide bonds. The Balaban J connectivity index is 1.70. The van der Waals surface area contributed by atoms with Crippen molar-refractivity contribution in [2.75, 3.05) is 6.61 Å². The molecule has 0 aromatic heterocycles. The van der Waals surface area contributed by atoms with Crippen molar-refractivity contribution < 1.29 is 24.2 Å². The maximum atomic E-state index is 12.9. The number of ether oxygens (including phenoxy) is 2. The monoisotopic (exact) mass is 403 g/mol. The van der Waals surface area contributed by atoms with Gasteiger partial charge in [0.25, 0.3) is 0 Å². The Labute approximate surface area is 173 Å². The summed E-state index contributed by atoms with van der Waals surface area (Å²) in [5, 5.41) is 9.09. The summed E-state index contributed by atoms with van der Waals surface area (Å²) in [4.78, 5) is 24.0. The zero-order chi connectivity index (χ0) is 21.1. The molecule has 0 fully saturated rings. The van der Waals surface area contributed by atoms with E-state index in [9.17, 15) is 9.59 Å². The molecule has 1 aliphatic heterocycles. The Morgan fingerprint density at radius 2 is 1.90 bits per heavy atom. The Morgan fingerprint density at radius 1 is 1.07 bits per heavy atom. The van der Waals surface area contributed by atoms with Gasteiger partial charge in [0, 0.05) is 24.1 Å². The predicted molar refractivity (Wildman–Crippen MR) is 112 cm³/mol. The van der Waals surface area contributed by atoms with E-state index < -0.39 is 11.9 Å². The van der Waals surface area contributed by atoms with Crippen LogP contribution in [0.4, 0.5) is 0 Å². The average Bonchev–Trinajstić information content (AvgIpc) is 3.23. The van der Waals surface area contributed by atoms with Crippen LogP contribution in [-0.4, -0.2) is 23.7 Å². The van der Waals surface area contributed by atoms with Crippen LogP contribution in [0.25, 0.3) is 11.1 Å². The number of carbonyl (C=O) groups is 2. The van der Waals surface area contributed by atoms with E-state index in [1.54, 1.807) is 36.4 Å². The van der Waals surface area contributed by atoms with Gasteiger partial charge >= 0.3 is 11.9 Å². The van der Waals surface area contributed by atoms with Crippen molar-refractivity contribution in [2.24, 2.45) is 5.73 Å². The summed E-state index contributed by atoms with van der Waals surface area (Å²) >= 11 is 0. The summed E-state index contributed by atoms with van der Waals surface area (Å²) < 4.78 is 11.4. The Bertz CT molecular complexity index is 1120. The smallest absolute Gasteiger partial charge is 0.343 e. The predicted octanol–water partition coefficient (Wildman–Crippen LogP) is 3.59. The first kappa shape index (κ1) is 19.7. The topological polar surface area (TPSA) is 98.9 Å². The third-order valence-electron chi connectivity index (χ3n) is 5.01. The van der Waals surface area contributed by atoms with E-state index in [2.05, 4.69) is 0 Å². The van der Waals surface area contributed by atoms with Crippen molar-refractivity contribution in [3.8, 4) is 22.6 Å². The van der Waals surface area contributed by atoms with E-state index in [1.807, 2.05) is 24.3 Å². The fourth-order valence-corrected chi connectivity index (χ4v) is 3.58. The normalized spacial score (nSPS) is 12.2. The highest BCUT2D eigenvalue weighted by Crippen LogP contribution is 2.38. The van der Waals surface area contributed by atoms with Gasteiger partial charge in [0.05, 0.1) is 18.6 Å². The Hall–Kier alpha value is -3.64. The van der Waals surface area contributed by atoms with Crippen molar-refractivity contribution in [1.29, 1.82) is 0 Å². The average molecular weight is 403 g/mol. The van der Waals surface area contributed by atoms with Crippen molar-refractivity contribution in [3.05, 3.63) is 82.9 Å². The van der Waals surface area contributed by atoms with Crippen LogP contribution in [0.5, 0.6) is 11.5 Å². The van der Waals surface area contributed by atoms with Crippen molar-refractivity contribution in [2.45, 2.75) is 19.4 Å². The number of nitrogens with two attached hydrogens (primary N) is 1. The highest BCUT2D eigenvalue weighted by molar-refractivity contribution is 5.94. The van der Waals surface area contributed by atoms with Crippen LogP contribution in [0.15, 0.2) is 60.7 Å². The van der Waals surface area contributed by atoms with E-state index >= 15 is 0 Å². The van der Waals surface area contributed by atoms with E-state index in [4.69, 9.17) is 20.3 Å². The third kappa shape index (κ3) is 4.04. The molecule has 0 atom stereocenters. The Kier molecular flexibility index (Phi) is 5.50. The molecule has 3 N–H and O–H groups in total. The summed E-state index contributed by atoms with van der Waals surface area (Å²) in [6, 6.07) is 18.0. The standard InChI is InChI=1S/C24H21NO5/c25-14-15-4-3-6-16(10-15)20-12-19(11-18-8-9-29-23(18)20)24(28)30-21-7-2-1-5-17(21)13-22(26)27/h1-7,10-12H,8-9,13-14,25H2,(H,26,27). The van der Waals surface area contributed by atoms with Crippen molar-refractivity contribution in [1.82, 2.24) is 0 Å². The molecule has 0 saturated carbocycles. The van der Waals surface area contributed by atoms with Crippen LogP contribution >= 0.6 is 0 Å². The number of fused-ring (bicyclic) bond motifs is 1. The van der Waals surface area contributed by atoms with Crippen LogP contribution in [0.3, 0.4) is 0 Å². The molecule has 3 aromatic carbocycles. The van der Waals surface area contributed by atoms with E-state index in [0.717, 1.165) is 28.0 Å². The summed E-state index contributed by atoms with van der Waals surface area (Å²) in [6.07, 6.45) is 0.480. The lowest BCUT2D eigenvalue weighted by atomic mass is 9.96. The molecule has 0 spiro atoms. The van der Waals surface area contributed by atoms with Gasteiger partial charge in [0.2, 0.25) is 0 Å². The molecule has 4 rings (SSSR count). The van der Waals surface area contributed by atoms with Crippen LogP contribution < -0.4 is 15.2 Å². The van der Waals surface area contributed by atoms with Gasteiger partial charge in [-0.1, -0.05) is 36.4 Å². The lowest BCUT2D eigenvalue weighted by Crippen LogP contribution is -2.12. The molecule has 0 bridgehead atoms. The molecule has 3 aromatic rings. The third-order valence-corrected chi connectivity index (χ3v) is 5.01. The second-order valence-electron chi connectivity index (χ2n) is 7.08. The number of para-hydroxylation sites is 1. The number of esters is 1. The van der Waals surface area contributed by atoms with Gasteiger partial charge in [-0.05, 0) is 41.0 Å². The number of aliphatic carboxylic acids is 1. The molecule has 30 heavy (non-hydrogen) atoms. The van der Waals surface area contributed by atoms with Gasteiger partial charge in [-0.2, -0.15) is 0 Å². The molecular formula is C24H21NO5. The maximum Gasteiger partial charge on any atom is 0.343 e. The van der Waals surface area contributed by atoms with Gasteiger partial charge < -0.3 is 20.3 Å². The number of rotatable bonds is 6. The van der Waals surface area contributed by atoms with Gasteiger partial charge in [-0.15, -0.1) is 0 Å². The van der Waals surface area contributed by atoms with Gasteiger partial charge in [0.1, 0.15) is 11.5 Å². The molecule has 0 aliphatic carbocycles. The lowest BCUT2D eigenvalue weighted by molar-refractivity contribution is -0.136. The van der Waals surface area contributed by atoms with Crippen LogP contribution in [0.2, 0.25) is 0 Å². The number of carboxylic acids is 1. The van der Waals surface area contributed by atoms with Gasteiger partial charge in [-0.3, -0.25) is 4.79 Å². The highest BCUT2D eigenvalue weighted by atomic mass is 16.5. The molecule has 0 unspecified atom stereocenters. The molecule has 1 heterocycles. The lowest BCUT2D eigenvalue weighted by Gasteiger charge is -2.13. The van der Waals surface area contributed by atoms with Crippen LogP contribution in [-0.2, 0) is 24.2 Å². The Morgan fingerprint density at radius 3 is 2.70 bits per heavy atom. The highest BCUT2D eigenvalue weighted by Gasteiger charge is 2.22. The number of hydrogen-bond acceptors (Lipinski definition) is 5. The number of benzene rings is 3. The summed E-state index contributed by atoms with van der Waals surface area (Å²) in [6.45, 7) is 0.970. The minimum absolute atomic E-state index is 0.224. The molecule has 0 saturated heterocycles. The second-order valence-corrected chi connectivity index (χ2v) is 7.08. The number of carboxylic acid groups (broad SMARTS) is 1. The summed E-state index contributed by atoms with van der Waals surface area (Å²) in [7, 11) is 0. The van der Waals surface area contributed by atoms with Crippen molar-refractivity contribution in [3.63, 3.8) is 0 Å². The molecule has 6 heteroatoms. The first-order valence-electron chi connectivity index (χ1n) is 9.66. The number of hydrogen-bond donors (Lipinski definition) is 2. The van der Waals surface area contributed by atoms with Crippen LogP contribution in [0.1, 0.15) is 27.0 Å². The first-order valence-corrected chi connectivity index (χ1v) is 9.66. The molecule has 6 nitrogen and oxygen atoms in total. The molecule has 1 aliphatic rings. The first-order chi connectivity index (χ1) is 14.5. The molecular weight excluding hydrogens is 382 g/mol. The van der Waals surface area contributed by atoms with E-state index in [0.29, 0.717) is 30.7 Å². The van der Waals surface area contributed by atoms with Gasteiger partial charge in [-0.25, -0.2) is 4.79 Å². The maximum absolute atomic E-state index is 12.9. The quantitative estimate of drug-likeness (QED) is 0.482. The fourth-order valence-electron chi connectivity index (χ4n) is 3.58. The van der Waals surface area contributed by atoms with Crippen molar-refractivity contribution >= 4 is 11.9 Å². The minimum atomic E-state index is -0.991. The van der Waals surface area contributed by atoms with Gasteiger partial charge in [0.15, 0.2) is 0 Å². The molecule has 0 radical (unpaired) electrons. The van der Waals surface area contributed by atoms with E-state index in [-0.39, 0.29) is 12.2 Å². The second kappa shape index (κ2) is 8.39. The SMILES string of the molecule is NCc1cccc(-c2cc(C(=O)Oc3ccccc3CC(=O)O)cc3c2OCC3)c1. The summed E-state index contributed by atoms with van der Waals surface area (Å²) in [5.41, 5.74) is 10.3.